The summed E-state index contributed by atoms with van der Waals surface area (Å²) in [6.07, 6.45) is 6.13. The lowest BCUT2D eigenvalue weighted by atomic mass is 10.1. The zero-order chi connectivity index (χ0) is 15.5. The number of carbonyl (C=O) groups excluding carboxylic acids is 2. The van der Waals surface area contributed by atoms with Crippen molar-refractivity contribution in [2.75, 3.05) is 13.1 Å². The molecule has 1 unspecified atom stereocenters. The molecule has 1 fully saturated rings. The van der Waals surface area contributed by atoms with E-state index in [1.807, 2.05) is 34.6 Å². The molecule has 1 atom stereocenters. The smallest absolute Gasteiger partial charge is 0.270 e. The lowest BCUT2D eigenvalue weighted by Crippen LogP contribution is -2.47. The van der Waals surface area contributed by atoms with Crippen LogP contribution in [-0.4, -0.2) is 45.2 Å². The van der Waals surface area contributed by atoms with Crippen LogP contribution in [0.15, 0.2) is 30.7 Å². The normalized spacial score (nSPS) is 16.8. The highest BCUT2D eigenvalue weighted by Gasteiger charge is 2.23. The van der Waals surface area contributed by atoms with Crippen molar-refractivity contribution in [2.45, 2.75) is 32.2 Å². The van der Waals surface area contributed by atoms with Crippen LogP contribution in [0.3, 0.4) is 0 Å². The quantitative estimate of drug-likeness (QED) is 0.929. The summed E-state index contributed by atoms with van der Waals surface area (Å²) in [4.78, 5) is 30.1. The molecule has 0 radical (unpaired) electrons. The summed E-state index contributed by atoms with van der Waals surface area (Å²) in [5.41, 5.74) is 1.32. The number of piperidine rings is 1. The number of nitrogens with zero attached hydrogens (tertiary/aromatic N) is 3. The zero-order valence-electron chi connectivity index (χ0n) is 12.7. The predicted molar refractivity (Wildman–Crippen MR) is 82.6 cm³/mol. The predicted octanol–water partition coefficient (Wildman–Crippen LogP) is 1.47. The van der Waals surface area contributed by atoms with Gasteiger partial charge in [-0.1, -0.05) is 0 Å². The van der Waals surface area contributed by atoms with E-state index in [1.165, 1.54) is 0 Å². The Morgan fingerprint density at radius 2 is 2.32 bits per heavy atom. The highest BCUT2D eigenvalue weighted by atomic mass is 16.2. The van der Waals surface area contributed by atoms with Crippen LogP contribution in [0.1, 0.15) is 36.7 Å². The molecule has 1 saturated heterocycles. The maximum Gasteiger partial charge on any atom is 0.270 e. The first kappa shape index (κ1) is 14.6. The Morgan fingerprint density at radius 1 is 1.45 bits per heavy atom. The summed E-state index contributed by atoms with van der Waals surface area (Å²) in [5, 5.41) is 2.87. The number of likely N-dealkylation sites (tertiary alicyclic amines) is 1. The zero-order valence-corrected chi connectivity index (χ0v) is 12.7. The van der Waals surface area contributed by atoms with Gasteiger partial charge >= 0.3 is 0 Å². The third kappa shape index (κ3) is 2.95. The van der Waals surface area contributed by atoms with Crippen LogP contribution in [0.25, 0.3) is 5.52 Å². The van der Waals surface area contributed by atoms with Gasteiger partial charge in [0, 0.05) is 37.3 Å². The number of nitrogens with one attached hydrogen (secondary N) is 1. The molecule has 0 aromatic carbocycles. The van der Waals surface area contributed by atoms with Gasteiger partial charge in [-0.3, -0.25) is 9.59 Å². The van der Waals surface area contributed by atoms with Crippen molar-refractivity contribution in [3.05, 3.63) is 36.4 Å². The molecule has 0 saturated carbocycles. The summed E-state index contributed by atoms with van der Waals surface area (Å²) >= 11 is 0. The first-order valence-electron chi connectivity index (χ1n) is 7.65. The van der Waals surface area contributed by atoms with Gasteiger partial charge in [0.25, 0.3) is 5.91 Å². The van der Waals surface area contributed by atoms with Gasteiger partial charge in [0.05, 0.1) is 6.33 Å². The molecule has 3 rings (SSSR count). The molecule has 0 bridgehead atoms. The Morgan fingerprint density at radius 3 is 3.14 bits per heavy atom. The van der Waals surface area contributed by atoms with Crippen molar-refractivity contribution in [3.8, 4) is 0 Å². The van der Waals surface area contributed by atoms with Gasteiger partial charge in [-0.25, -0.2) is 4.98 Å². The van der Waals surface area contributed by atoms with Crippen molar-refractivity contribution in [3.63, 3.8) is 0 Å². The van der Waals surface area contributed by atoms with Crippen molar-refractivity contribution in [2.24, 2.45) is 0 Å². The van der Waals surface area contributed by atoms with E-state index in [1.54, 1.807) is 12.4 Å². The van der Waals surface area contributed by atoms with Crippen LogP contribution in [-0.2, 0) is 4.79 Å². The number of hydrogen-bond donors (Lipinski definition) is 1. The topological polar surface area (TPSA) is 66.7 Å². The van der Waals surface area contributed by atoms with E-state index in [0.717, 1.165) is 24.9 Å². The van der Waals surface area contributed by atoms with Gasteiger partial charge in [-0.15, -0.1) is 0 Å². The number of hydrogen-bond acceptors (Lipinski definition) is 3. The maximum atomic E-state index is 12.2. The molecule has 1 aliphatic heterocycles. The lowest BCUT2D eigenvalue weighted by molar-refractivity contribution is -0.135. The average Bonchev–Trinajstić information content (AvgIpc) is 3.00. The van der Waals surface area contributed by atoms with Crippen molar-refractivity contribution >= 4 is 17.3 Å². The first-order chi connectivity index (χ1) is 10.6. The van der Waals surface area contributed by atoms with Crippen LogP contribution in [0, 0.1) is 0 Å². The molecule has 1 N–H and O–H groups in total. The van der Waals surface area contributed by atoms with Gasteiger partial charge in [0.2, 0.25) is 5.91 Å². The summed E-state index contributed by atoms with van der Waals surface area (Å²) in [5.74, 6) is -0.0271. The van der Waals surface area contributed by atoms with Crippen molar-refractivity contribution in [1.82, 2.24) is 19.6 Å². The van der Waals surface area contributed by atoms with Gasteiger partial charge in [0.15, 0.2) is 0 Å². The Bertz CT molecular complexity index is 694. The largest absolute Gasteiger partial charge is 0.349 e. The van der Waals surface area contributed by atoms with E-state index in [-0.39, 0.29) is 17.9 Å². The molecular formula is C16H20N4O2. The number of aromatic nitrogens is 2. The minimum Gasteiger partial charge on any atom is -0.349 e. The molecule has 1 aliphatic rings. The van der Waals surface area contributed by atoms with Crippen LogP contribution < -0.4 is 5.32 Å². The monoisotopic (exact) mass is 300 g/mol. The standard InChI is InChI=1S/C16H20N4O2/c1-12(20-8-3-2-6-15(20)21)10-17-16(22)14-9-13-5-4-7-19(13)11-18-14/h4-5,7,9,11-12H,2-3,6,8,10H2,1H3,(H,17,22). The van der Waals surface area contributed by atoms with Gasteiger partial charge in [0.1, 0.15) is 5.69 Å². The first-order valence-corrected chi connectivity index (χ1v) is 7.65. The van der Waals surface area contributed by atoms with Crippen LogP contribution in [0.2, 0.25) is 0 Å². The van der Waals surface area contributed by atoms with Gasteiger partial charge in [-0.2, -0.15) is 0 Å². The minimum atomic E-state index is -0.208. The molecule has 3 heterocycles. The number of rotatable bonds is 4. The number of carbonyl (C=O) groups is 2. The van der Waals surface area contributed by atoms with Crippen molar-refractivity contribution < 1.29 is 9.59 Å². The maximum absolute atomic E-state index is 12.2. The second kappa shape index (κ2) is 6.17. The summed E-state index contributed by atoms with van der Waals surface area (Å²) in [6, 6.07) is 5.59. The third-order valence-electron chi connectivity index (χ3n) is 4.10. The van der Waals surface area contributed by atoms with Crippen LogP contribution >= 0.6 is 0 Å². The molecule has 22 heavy (non-hydrogen) atoms. The van der Waals surface area contributed by atoms with Crippen LogP contribution in [0.4, 0.5) is 0 Å². The number of fused-ring (bicyclic) bond motifs is 1. The van der Waals surface area contributed by atoms with Gasteiger partial charge < -0.3 is 14.6 Å². The molecule has 2 aromatic rings. The van der Waals surface area contributed by atoms with E-state index in [0.29, 0.717) is 18.7 Å². The molecule has 6 heteroatoms. The second-order valence-electron chi connectivity index (χ2n) is 5.72. The summed E-state index contributed by atoms with van der Waals surface area (Å²) in [6.45, 7) is 3.19. The fourth-order valence-corrected chi connectivity index (χ4v) is 2.79. The second-order valence-corrected chi connectivity index (χ2v) is 5.72. The number of amides is 2. The fourth-order valence-electron chi connectivity index (χ4n) is 2.79. The van der Waals surface area contributed by atoms with E-state index >= 15 is 0 Å². The van der Waals surface area contributed by atoms with E-state index in [4.69, 9.17) is 0 Å². The van der Waals surface area contributed by atoms with Crippen molar-refractivity contribution in [1.29, 1.82) is 0 Å². The fraction of sp³-hybridized carbons (Fsp3) is 0.438. The molecule has 0 aliphatic carbocycles. The van der Waals surface area contributed by atoms with E-state index in [2.05, 4.69) is 10.3 Å². The Kier molecular flexibility index (Phi) is 4.09. The van der Waals surface area contributed by atoms with E-state index < -0.39 is 0 Å². The Hall–Kier alpha value is -2.37. The summed E-state index contributed by atoms with van der Waals surface area (Å²) < 4.78 is 1.85. The molecule has 0 spiro atoms. The highest BCUT2D eigenvalue weighted by Crippen LogP contribution is 2.13. The van der Waals surface area contributed by atoms with Gasteiger partial charge in [-0.05, 0) is 38.0 Å². The van der Waals surface area contributed by atoms with Crippen LogP contribution in [0.5, 0.6) is 0 Å². The Balaban J connectivity index is 1.60. The SMILES string of the molecule is CC(CNC(=O)c1cc2cccn2cn1)N1CCCCC1=O. The summed E-state index contributed by atoms with van der Waals surface area (Å²) in [7, 11) is 0. The molecule has 116 valence electrons. The molecule has 2 aromatic heterocycles. The Labute approximate surface area is 129 Å². The third-order valence-corrected chi connectivity index (χ3v) is 4.10. The molecule has 6 nitrogen and oxygen atoms in total. The average molecular weight is 300 g/mol. The molecular weight excluding hydrogens is 280 g/mol. The highest BCUT2D eigenvalue weighted by molar-refractivity contribution is 5.93. The lowest BCUT2D eigenvalue weighted by Gasteiger charge is -2.32. The van der Waals surface area contributed by atoms with E-state index in [9.17, 15) is 9.59 Å². The minimum absolute atomic E-state index is 0.00813. The molecule has 2 amide bonds.